The minimum atomic E-state index is -0.454. The summed E-state index contributed by atoms with van der Waals surface area (Å²) in [4.78, 5) is 11.8. The lowest BCUT2D eigenvalue weighted by molar-refractivity contribution is -0.153. The molecular formula is C17H25NO3. The van der Waals surface area contributed by atoms with Gasteiger partial charge in [0.2, 0.25) is 0 Å². The lowest BCUT2D eigenvalue weighted by atomic mass is 10.0. The van der Waals surface area contributed by atoms with E-state index in [2.05, 4.69) is 5.16 Å². The molecule has 0 aliphatic heterocycles. The molecule has 0 atom stereocenters. The van der Waals surface area contributed by atoms with E-state index in [1.165, 1.54) is 0 Å². The minimum absolute atomic E-state index is 0.221. The summed E-state index contributed by atoms with van der Waals surface area (Å²) in [5, 5.41) is 12.2. The molecule has 116 valence electrons. The summed E-state index contributed by atoms with van der Waals surface area (Å²) < 4.78 is 5.30. The maximum atomic E-state index is 11.8. The molecule has 0 unspecified atom stereocenters. The third-order valence-corrected chi connectivity index (χ3v) is 3.00. The van der Waals surface area contributed by atoms with E-state index in [0.717, 1.165) is 35.2 Å². The van der Waals surface area contributed by atoms with Crippen molar-refractivity contribution in [3.63, 3.8) is 0 Å². The number of ether oxygens (including phenoxy) is 1. The normalized spacial score (nSPS) is 15.2. The van der Waals surface area contributed by atoms with Crippen molar-refractivity contribution in [2.75, 3.05) is 0 Å². The van der Waals surface area contributed by atoms with Crippen LogP contribution in [0.5, 0.6) is 0 Å². The Labute approximate surface area is 126 Å². The summed E-state index contributed by atoms with van der Waals surface area (Å²) in [6, 6.07) is 5.80. The Kier molecular flexibility index (Phi) is 5.94. The van der Waals surface area contributed by atoms with Crippen LogP contribution >= 0.6 is 0 Å². The standard InChI is InChI=1S/C15H19NO3.C2H6/c1-15(2,3)19-14(17)9-10-4-6-12-11(8-10)5-7-13(12)16-18;1-2/h4,6,8,18H,5,7,9H2,1-3H3;1-2H3/b16-13+;. The van der Waals surface area contributed by atoms with E-state index in [1.807, 2.05) is 52.8 Å². The monoisotopic (exact) mass is 291 g/mol. The van der Waals surface area contributed by atoms with Crippen LogP contribution in [-0.2, 0) is 22.4 Å². The molecule has 2 rings (SSSR count). The number of oxime groups is 1. The largest absolute Gasteiger partial charge is 0.460 e. The number of benzene rings is 1. The topological polar surface area (TPSA) is 58.9 Å². The molecule has 21 heavy (non-hydrogen) atoms. The third-order valence-electron chi connectivity index (χ3n) is 3.00. The molecule has 0 spiro atoms. The van der Waals surface area contributed by atoms with Crippen molar-refractivity contribution in [3.05, 3.63) is 34.9 Å². The smallest absolute Gasteiger partial charge is 0.310 e. The molecule has 1 aliphatic carbocycles. The number of hydrogen-bond donors (Lipinski definition) is 1. The van der Waals surface area contributed by atoms with Crippen molar-refractivity contribution in [2.24, 2.45) is 5.16 Å². The fourth-order valence-electron chi connectivity index (χ4n) is 2.28. The Morgan fingerprint density at radius 2 is 1.95 bits per heavy atom. The quantitative estimate of drug-likeness (QED) is 0.513. The number of aryl methyl sites for hydroxylation is 1. The molecule has 0 aromatic heterocycles. The third kappa shape index (κ3) is 4.88. The zero-order valence-electron chi connectivity index (χ0n) is 13.6. The van der Waals surface area contributed by atoms with Gasteiger partial charge in [0.05, 0.1) is 12.1 Å². The average Bonchev–Trinajstić information content (AvgIpc) is 2.81. The van der Waals surface area contributed by atoms with Crippen molar-refractivity contribution in [1.82, 2.24) is 0 Å². The van der Waals surface area contributed by atoms with Crippen LogP contribution in [-0.4, -0.2) is 22.5 Å². The van der Waals surface area contributed by atoms with Gasteiger partial charge in [-0.2, -0.15) is 0 Å². The molecule has 0 saturated heterocycles. The Morgan fingerprint density at radius 1 is 1.29 bits per heavy atom. The van der Waals surface area contributed by atoms with Crippen LogP contribution in [0.3, 0.4) is 0 Å². The second kappa shape index (κ2) is 7.25. The van der Waals surface area contributed by atoms with Gasteiger partial charge >= 0.3 is 5.97 Å². The fraction of sp³-hybridized carbons (Fsp3) is 0.529. The van der Waals surface area contributed by atoms with Gasteiger partial charge in [-0.25, -0.2) is 0 Å². The summed E-state index contributed by atoms with van der Waals surface area (Å²) in [7, 11) is 0. The van der Waals surface area contributed by atoms with E-state index in [4.69, 9.17) is 9.94 Å². The predicted molar refractivity (Wildman–Crippen MR) is 84.0 cm³/mol. The molecule has 1 aliphatic rings. The van der Waals surface area contributed by atoms with E-state index in [9.17, 15) is 4.79 Å². The van der Waals surface area contributed by atoms with Gasteiger partial charge in [-0.3, -0.25) is 4.79 Å². The van der Waals surface area contributed by atoms with Gasteiger partial charge in [0, 0.05) is 5.56 Å². The lowest BCUT2D eigenvalue weighted by Gasteiger charge is -2.19. The molecule has 0 saturated carbocycles. The molecular weight excluding hydrogens is 266 g/mol. The number of nitrogens with zero attached hydrogens (tertiary/aromatic N) is 1. The Morgan fingerprint density at radius 3 is 2.52 bits per heavy atom. The van der Waals surface area contributed by atoms with Crippen molar-refractivity contribution < 1.29 is 14.7 Å². The molecule has 0 bridgehead atoms. The van der Waals surface area contributed by atoms with Gasteiger partial charge in [0.25, 0.3) is 0 Å². The van der Waals surface area contributed by atoms with Crippen LogP contribution in [0, 0.1) is 0 Å². The van der Waals surface area contributed by atoms with Gasteiger partial charge in [-0.15, -0.1) is 0 Å². The summed E-state index contributed by atoms with van der Waals surface area (Å²) in [6.07, 6.45) is 1.88. The molecule has 0 fully saturated rings. The second-order valence-electron chi connectivity index (χ2n) is 5.80. The molecule has 0 radical (unpaired) electrons. The van der Waals surface area contributed by atoms with E-state index in [1.54, 1.807) is 0 Å². The molecule has 1 N–H and O–H groups in total. The highest BCUT2D eigenvalue weighted by molar-refractivity contribution is 6.04. The molecule has 4 nitrogen and oxygen atoms in total. The van der Waals surface area contributed by atoms with Crippen molar-refractivity contribution in [3.8, 4) is 0 Å². The number of carbonyl (C=O) groups is 1. The second-order valence-corrected chi connectivity index (χ2v) is 5.80. The number of fused-ring (bicyclic) bond motifs is 1. The van der Waals surface area contributed by atoms with Gasteiger partial charge in [-0.1, -0.05) is 37.2 Å². The highest BCUT2D eigenvalue weighted by Crippen LogP contribution is 2.24. The van der Waals surface area contributed by atoms with Crippen LogP contribution in [0.2, 0.25) is 0 Å². The van der Waals surface area contributed by atoms with E-state index in [-0.39, 0.29) is 12.4 Å². The van der Waals surface area contributed by atoms with E-state index in [0.29, 0.717) is 0 Å². The van der Waals surface area contributed by atoms with Crippen LogP contribution in [0.1, 0.15) is 57.7 Å². The Balaban J connectivity index is 0.00000106. The summed E-state index contributed by atoms with van der Waals surface area (Å²) in [5.74, 6) is -0.221. The van der Waals surface area contributed by atoms with Gasteiger partial charge in [0.15, 0.2) is 0 Å². The van der Waals surface area contributed by atoms with Gasteiger partial charge < -0.3 is 9.94 Å². The molecule has 0 amide bonds. The van der Waals surface area contributed by atoms with Crippen LogP contribution in [0.15, 0.2) is 23.4 Å². The first-order valence-electron chi connectivity index (χ1n) is 7.44. The Hall–Kier alpha value is -1.84. The minimum Gasteiger partial charge on any atom is -0.460 e. The highest BCUT2D eigenvalue weighted by Gasteiger charge is 2.20. The van der Waals surface area contributed by atoms with Crippen LogP contribution < -0.4 is 0 Å². The zero-order valence-corrected chi connectivity index (χ0v) is 13.6. The first kappa shape index (κ1) is 17.2. The summed E-state index contributed by atoms with van der Waals surface area (Å²) in [5.41, 5.74) is 3.32. The molecule has 1 aromatic carbocycles. The van der Waals surface area contributed by atoms with Gasteiger partial charge in [0.1, 0.15) is 5.60 Å². The van der Waals surface area contributed by atoms with Crippen LogP contribution in [0.4, 0.5) is 0 Å². The lowest BCUT2D eigenvalue weighted by Crippen LogP contribution is -2.24. The number of carbonyl (C=O) groups excluding carboxylic acids is 1. The van der Waals surface area contributed by atoms with Crippen LogP contribution in [0.25, 0.3) is 0 Å². The predicted octanol–water partition coefficient (Wildman–Crippen LogP) is 3.72. The number of rotatable bonds is 2. The average molecular weight is 291 g/mol. The first-order valence-corrected chi connectivity index (χ1v) is 7.44. The number of esters is 1. The van der Waals surface area contributed by atoms with Crippen molar-refractivity contribution >= 4 is 11.7 Å². The summed E-state index contributed by atoms with van der Waals surface area (Å²) in [6.45, 7) is 9.58. The molecule has 0 heterocycles. The highest BCUT2D eigenvalue weighted by atomic mass is 16.6. The Bertz CT molecular complexity index is 527. The molecule has 4 heteroatoms. The molecule has 1 aromatic rings. The van der Waals surface area contributed by atoms with E-state index < -0.39 is 5.60 Å². The summed E-state index contributed by atoms with van der Waals surface area (Å²) >= 11 is 0. The van der Waals surface area contributed by atoms with E-state index >= 15 is 0 Å². The number of hydrogen-bond acceptors (Lipinski definition) is 4. The van der Waals surface area contributed by atoms with Gasteiger partial charge in [-0.05, 0) is 44.7 Å². The maximum absolute atomic E-state index is 11.8. The van der Waals surface area contributed by atoms with Crippen molar-refractivity contribution in [1.29, 1.82) is 0 Å². The zero-order chi connectivity index (χ0) is 16.0. The fourth-order valence-corrected chi connectivity index (χ4v) is 2.28. The first-order chi connectivity index (χ1) is 9.89. The SMILES string of the molecule is CC.CC(C)(C)OC(=O)Cc1ccc2c(c1)CC/C2=N\O. The van der Waals surface area contributed by atoms with Crippen molar-refractivity contribution in [2.45, 2.75) is 59.5 Å². The maximum Gasteiger partial charge on any atom is 0.310 e.